The van der Waals surface area contributed by atoms with E-state index in [1.54, 1.807) is 11.3 Å². The fraction of sp³-hybridized carbons (Fsp3) is 0.625. The molecule has 1 atom stereocenters. The summed E-state index contributed by atoms with van der Waals surface area (Å²) in [6, 6.07) is 0. The molecule has 0 aliphatic carbocycles. The topological polar surface area (TPSA) is 24.9 Å². The van der Waals surface area contributed by atoms with Gasteiger partial charge in [0.15, 0.2) is 0 Å². The fourth-order valence-electron chi connectivity index (χ4n) is 1.28. The molecule has 0 bridgehead atoms. The lowest BCUT2D eigenvalue weighted by atomic mass is 10.3. The second kappa shape index (κ2) is 3.77. The first-order valence-electron chi connectivity index (χ1n) is 4.10. The van der Waals surface area contributed by atoms with Gasteiger partial charge in [0.05, 0.1) is 16.0 Å². The van der Waals surface area contributed by atoms with Crippen LogP contribution in [0.15, 0.2) is 5.38 Å². The van der Waals surface area contributed by atoms with E-state index in [9.17, 15) is 0 Å². The summed E-state index contributed by atoms with van der Waals surface area (Å²) in [5, 5.41) is 7.33. The predicted molar refractivity (Wildman–Crippen MR) is 54.9 cm³/mol. The quantitative estimate of drug-likeness (QED) is 0.748. The molecule has 12 heavy (non-hydrogen) atoms. The summed E-state index contributed by atoms with van der Waals surface area (Å²) in [7, 11) is 0. The van der Waals surface area contributed by atoms with E-state index >= 15 is 0 Å². The zero-order chi connectivity index (χ0) is 8.39. The third-order valence-corrected chi connectivity index (χ3v) is 3.94. The van der Waals surface area contributed by atoms with Crippen LogP contribution < -0.4 is 5.32 Å². The number of nitrogens with one attached hydrogen (secondary N) is 1. The van der Waals surface area contributed by atoms with Gasteiger partial charge in [0, 0.05) is 24.2 Å². The van der Waals surface area contributed by atoms with Gasteiger partial charge >= 0.3 is 0 Å². The molecule has 66 valence electrons. The molecule has 0 amide bonds. The Morgan fingerprint density at radius 1 is 1.67 bits per heavy atom. The van der Waals surface area contributed by atoms with E-state index in [0.717, 1.165) is 13.1 Å². The monoisotopic (exact) mass is 200 g/mol. The van der Waals surface area contributed by atoms with Crippen LogP contribution in [0.4, 0.5) is 0 Å². The van der Waals surface area contributed by atoms with E-state index in [-0.39, 0.29) is 0 Å². The highest BCUT2D eigenvalue weighted by atomic mass is 32.2. The van der Waals surface area contributed by atoms with Gasteiger partial charge < -0.3 is 5.32 Å². The number of aromatic nitrogens is 1. The molecule has 1 saturated heterocycles. The van der Waals surface area contributed by atoms with Crippen molar-refractivity contribution in [2.45, 2.75) is 12.2 Å². The Morgan fingerprint density at radius 3 is 3.17 bits per heavy atom. The second-order valence-corrected chi connectivity index (χ2v) is 5.23. The van der Waals surface area contributed by atoms with Gasteiger partial charge in [-0.3, -0.25) is 0 Å². The van der Waals surface area contributed by atoms with Crippen molar-refractivity contribution in [2.24, 2.45) is 0 Å². The highest BCUT2D eigenvalue weighted by molar-refractivity contribution is 7.99. The fourth-order valence-corrected chi connectivity index (χ4v) is 3.11. The van der Waals surface area contributed by atoms with Gasteiger partial charge in [-0.25, -0.2) is 4.98 Å². The Hall–Kier alpha value is -0.0600. The van der Waals surface area contributed by atoms with Gasteiger partial charge in [-0.1, -0.05) is 0 Å². The van der Waals surface area contributed by atoms with Crippen LogP contribution >= 0.6 is 23.1 Å². The Bertz CT molecular complexity index is 253. The van der Waals surface area contributed by atoms with E-state index in [4.69, 9.17) is 0 Å². The first-order valence-corrected chi connectivity index (χ1v) is 6.03. The van der Waals surface area contributed by atoms with Crippen molar-refractivity contribution in [3.05, 3.63) is 16.1 Å². The van der Waals surface area contributed by atoms with Crippen molar-refractivity contribution in [3.8, 4) is 0 Å². The Kier molecular flexibility index (Phi) is 2.68. The standard InChI is InChI=1S/C8H12N2S2/c1-6-10-7(5-12-6)8-4-9-2-3-11-8/h5,8-9H,2-4H2,1H3. The van der Waals surface area contributed by atoms with Gasteiger partial charge in [0.2, 0.25) is 0 Å². The van der Waals surface area contributed by atoms with Crippen LogP contribution in [0.1, 0.15) is 16.0 Å². The SMILES string of the molecule is Cc1nc(C2CNCCS2)cs1. The molecule has 1 aliphatic rings. The van der Waals surface area contributed by atoms with Crippen LogP contribution in [-0.4, -0.2) is 23.8 Å². The lowest BCUT2D eigenvalue weighted by Crippen LogP contribution is -2.28. The van der Waals surface area contributed by atoms with E-state index in [1.807, 2.05) is 11.8 Å². The summed E-state index contributed by atoms with van der Waals surface area (Å²) >= 11 is 3.76. The minimum atomic E-state index is 0.587. The number of hydrogen-bond donors (Lipinski definition) is 1. The average molecular weight is 200 g/mol. The molecule has 1 unspecified atom stereocenters. The molecule has 2 nitrogen and oxygen atoms in total. The highest BCUT2D eigenvalue weighted by Gasteiger charge is 2.17. The van der Waals surface area contributed by atoms with Crippen LogP contribution in [0, 0.1) is 6.92 Å². The van der Waals surface area contributed by atoms with Crippen molar-refractivity contribution in [1.29, 1.82) is 0 Å². The van der Waals surface area contributed by atoms with Crippen molar-refractivity contribution in [1.82, 2.24) is 10.3 Å². The minimum absolute atomic E-state index is 0.587. The molecule has 1 N–H and O–H groups in total. The third kappa shape index (κ3) is 1.81. The summed E-state index contributed by atoms with van der Waals surface area (Å²) in [5.41, 5.74) is 1.26. The molecule has 1 aromatic heterocycles. The van der Waals surface area contributed by atoms with Crippen LogP contribution in [-0.2, 0) is 0 Å². The van der Waals surface area contributed by atoms with Crippen molar-refractivity contribution < 1.29 is 0 Å². The molecular formula is C8H12N2S2. The molecular weight excluding hydrogens is 188 g/mol. The lowest BCUT2D eigenvalue weighted by molar-refractivity contribution is 0.681. The highest BCUT2D eigenvalue weighted by Crippen LogP contribution is 2.30. The number of rotatable bonds is 1. The van der Waals surface area contributed by atoms with E-state index in [0.29, 0.717) is 5.25 Å². The number of nitrogens with zero attached hydrogens (tertiary/aromatic N) is 1. The zero-order valence-electron chi connectivity index (χ0n) is 7.04. The largest absolute Gasteiger partial charge is 0.314 e. The summed E-state index contributed by atoms with van der Waals surface area (Å²) in [6.45, 7) is 4.28. The molecule has 0 saturated carbocycles. The van der Waals surface area contributed by atoms with Crippen LogP contribution in [0.25, 0.3) is 0 Å². The Labute approximate surface area is 80.8 Å². The number of thiazole rings is 1. The maximum Gasteiger partial charge on any atom is 0.0897 e. The maximum atomic E-state index is 4.49. The molecule has 1 fully saturated rings. The summed E-state index contributed by atoms with van der Waals surface area (Å²) in [4.78, 5) is 4.49. The van der Waals surface area contributed by atoms with E-state index in [2.05, 4.69) is 22.6 Å². The molecule has 1 aromatic rings. The first-order chi connectivity index (χ1) is 5.86. The van der Waals surface area contributed by atoms with Crippen molar-refractivity contribution in [3.63, 3.8) is 0 Å². The van der Waals surface area contributed by atoms with Crippen LogP contribution in [0.5, 0.6) is 0 Å². The molecule has 0 radical (unpaired) electrons. The molecule has 0 spiro atoms. The second-order valence-electron chi connectivity index (χ2n) is 2.85. The van der Waals surface area contributed by atoms with Gasteiger partial charge in [0.25, 0.3) is 0 Å². The third-order valence-electron chi connectivity index (χ3n) is 1.89. The van der Waals surface area contributed by atoms with E-state index < -0.39 is 0 Å². The van der Waals surface area contributed by atoms with E-state index in [1.165, 1.54) is 16.5 Å². The van der Waals surface area contributed by atoms with Crippen molar-refractivity contribution in [2.75, 3.05) is 18.8 Å². The number of hydrogen-bond acceptors (Lipinski definition) is 4. The lowest BCUT2D eigenvalue weighted by Gasteiger charge is -2.20. The Balaban J connectivity index is 2.08. The summed E-state index contributed by atoms with van der Waals surface area (Å²) < 4.78 is 0. The zero-order valence-corrected chi connectivity index (χ0v) is 8.67. The molecule has 1 aliphatic heterocycles. The molecule has 0 aromatic carbocycles. The average Bonchev–Trinajstić information content (AvgIpc) is 2.54. The molecule has 4 heteroatoms. The van der Waals surface area contributed by atoms with Crippen LogP contribution in [0.3, 0.4) is 0 Å². The van der Waals surface area contributed by atoms with Gasteiger partial charge in [-0.15, -0.1) is 23.1 Å². The normalized spacial score (nSPS) is 24.2. The predicted octanol–water partition coefficient (Wildman–Crippen LogP) is 1.83. The summed E-state index contributed by atoms with van der Waals surface area (Å²) in [6.07, 6.45) is 0. The molecule has 2 heterocycles. The van der Waals surface area contributed by atoms with Gasteiger partial charge in [-0.2, -0.15) is 0 Å². The smallest absolute Gasteiger partial charge is 0.0897 e. The van der Waals surface area contributed by atoms with Crippen molar-refractivity contribution >= 4 is 23.1 Å². The first kappa shape index (κ1) is 8.53. The number of aryl methyl sites for hydroxylation is 1. The number of thioether (sulfide) groups is 1. The van der Waals surface area contributed by atoms with Gasteiger partial charge in [-0.05, 0) is 6.92 Å². The maximum absolute atomic E-state index is 4.49. The van der Waals surface area contributed by atoms with Gasteiger partial charge in [0.1, 0.15) is 0 Å². The Morgan fingerprint density at radius 2 is 2.58 bits per heavy atom. The molecule has 2 rings (SSSR count). The minimum Gasteiger partial charge on any atom is -0.314 e. The summed E-state index contributed by atoms with van der Waals surface area (Å²) in [5.74, 6) is 1.21. The van der Waals surface area contributed by atoms with Crippen LogP contribution in [0.2, 0.25) is 0 Å².